The van der Waals surface area contributed by atoms with Gasteiger partial charge >= 0.3 is 28.1 Å². The summed E-state index contributed by atoms with van der Waals surface area (Å²) < 4.78 is 32.4. The number of hydrogen-bond acceptors (Lipinski definition) is 9. The van der Waals surface area contributed by atoms with E-state index in [1.54, 1.807) is 25.1 Å². The second-order valence-corrected chi connectivity index (χ2v) is 10.3. The number of hydrogen-bond donors (Lipinski definition) is 3. The molecule has 0 aliphatic carbocycles. The van der Waals surface area contributed by atoms with Crippen molar-refractivity contribution in [3.8, 4) is 0 Å². The molecule has 0 bridgehead atoms. The monoisotopic (exact) mass is 541 g/mol. The molecule has 2 saturated heterocycles. The molecule has 2 aliphatic heterocycles. The van der Waals surface area contributed by atoms with Crippen LogP contribution in [0.25, 0.3) is 0 Å². The van der Waals surface area contributed by atoms with Crippen molar-refractivity contribution in [3.63, 3.8) is 0 Å². The van der Waals surface area contributed by atoms with E-state index in [0.717, 1.165) is 6.92 Å². The zero-order valence-electron chi connectivity index (χ0n) is 19.1. The lowest BCUT2D eigenvalue weighted by Gasteiger charge is -2.43. The van der Waals surface area contributed by atoms with Crippen molar-refractivity contribution < 1.29 is 41.7 Å². The lowest BCUT2D eigenvalue weighted by Crippen LogP contribution is -2.71. The predicted octanol–water partition coefficient (Wildman–Crippen LogP) is -1.14. The molecule has 2 fully saturated rings. The van der Waals surface area contributed by atoms with Crippen molar-refractivity contribution in [1.29, 1.82) is 0 Å². The lowest BCUT2D eigenvalue weighted by molar-refractivity contribution is -0.153. The Labute approximate surface area is 210 Å². The molecule has 1 aromatic rings. The van der Waals surface area contributed by atoms with Crippen LogP contribution in [0.1, 0.15) is 25.5 Å². The van der Waals surface area contributed by atoms with Crippen LogP contribution >= 0.6 is 11.8 Å². The molecule has 0 radical (unpaired) electrons. The molecule has 16 heteroatoms. The minimum atomic E-state index is -4.99. The van der Waals surface area contributed by atoms with Crippen molar-refractivity contribution >= 4 is 56.8 Å². The summed E-state index contributed by atoms with van der Waals surface area (Å²) in [6.45, 7) is 3.08. The normalized spacial score (nSPS) is 21.1. The Kier molecular flexibility index (Phi) is 8.00. The first-order chi connectivity index (χ1) is 16.9. The van der Waals surface area contributed by atoms with E-state index in [0.29, 0.717) is 16.7 Å². The summed E-state index contributed by atoms with van der Waals surface area (Å²) in [5.74, 6) is -4.07. The molecule has 194 valence electrons. The van der Waals surface area contributed by atoms with E-state index in [4.69, 9.17) is 0 Å². The molecular weight excluding hydrogens is 518 g/mol. The first-order valence-electron chi connectivity index (χ1n) is 10.6. The van der Waals surface area contributed by atoms with Crippen LogP contribution in [-0.2, 0) is 34.3 Å². The Balaban J connectivity index is 1.82. The summed E-state index contributed by atoms with van der Waals surface area (Å²) in [5.41, 5.74) is 0.253. The Morgan fingerprint density at radius 1 is 1.11 bits per heavy atom. The van der Waals surface area contributed by atoms with Gasteiger partial charge in [0.05, 0.1) is 0 Å². The topological polar surface area (TPSA) is 191 Å². The van der Waals surface area contributed by atoms with E-state index in [1.165, 1.54) is 17.0 Å². The second-order valence-electron chi connectivity index (χ2n) is 7.73. The van der Waals surface area contributed by atoms with Gasteiger partial charge in [0.1, 0.15) is 17.5 Å². The van der Waals surface area contributed by atoms with Crippen molar-refractivity contribution in [2.45, 2.75) is 31.3 Å². The number of imide groups is 1. The van der Waals surface area contributed by atoms with Gasteiger partial charge in [-0.15, -0.1) is 0 Å². The van der Waals surface area contributed by atoms with Gasteiger partial charge in [-0.05, 0) is 12.5 Å². The first-order valence-corrected chi connectivity index (χ1v) is 12.9. The van der Waals surface area contributed by atoms with Crippen LogP contribution in [0.15, 0.2) is 30.3 Å². The minimum absolute atomic E-state index is 0.0671. The Morgan fingerprint density at radius 2 is 1.75 bits per heavy atom. The van der Waals surface area contributed by atoms with Crippen LogP contribution in [0.5, 0.6) is 0 Å². The summed E-state index contributed by atoms with van der Waals surface area (Å²) in [6.07, 6.45) is 0. The number of likely N-dealkylation sites (N-methyl/N-ethyl adjacent to an activating group) is 1. The van der Waals surface area contributed by atoms with Gasteiger partial charge in [0.15, 0.2) is 5.12 Å². The molecule has 1 aromatic carbocycles. The van der Waals surface area contributed by atoms with Gasteiger partial charge in [-0.3, -0.25) is 33.4 Å². The van der Waals surface area contributed by atoms with Crippen LogP contribution in [-0.4, -0.2) is 92.9 Å². The molecule has 36 heavy (non-hydrogen) atoms. The van der Waals surface area contributed by atoms with Gasteiger partial charge in [-0.25, -0.2) is 4.79 Å². The highest BCUT2D eigenvalue weighted by atomic mass is 32.2. The molecule has 1 unspecified atom stereocenters. The highest BCUT2D eigenvalue weighted by molar-refractivity contribution is 8.14. The Hall–Kier alpha value is -3.50. The number of thioether (sulfide) groups is 1. The number of carbonyl (C=O) groups is 6. The SMILES string of the molecule is CCN1CCN(C(=O)NC(C(=O)N[C@@H]2C(=O)N(S(=O)(=O)O)[C@@H]2SC(C)=O)c2ccccc2)C(=O)C1=O. The van der Waals surface area contributed by atoms with E-state index in [1.807, 2.05) is 0 Å². The third-order valence-corrected chi connectivity index (χ3v) is 7.53. The standard InChI is InChI=1S/C20H23N5O9S2/c1-3-23-9-10-24(18(30)17(23)29)20(31)22-13(12-7-5-4-6-8-12)15(27)21-14-16(28)25(36(32,33)34)19(14)35-11(2)26/h4-8,13-14,19H,3,9-10H2,1-2H3,(H,21,27)(H,22,31)(H,32,33,34)/t13?,14-,19-/m1/s1. The number of nitrogens with one attached hydrogen (secondary N) is 2. The van der Waals surface area contributed by atoms with Gasteiger partial charge < -0.3 is 15.5 Å². The van der Waals surface area contributed by atoms with E-state index < -0.39 is 62.5 Å². The molecule has 0 spiro atoms. The highest BCUT2D eigenvalue weighted by Crippen LogP contribution is 2.33. The van der Waals surface area contributed by atoms with Gasteiger partial charge in [-0.2, -0.15) is 12.7 Å². The van der Waals surface area contributed by atoms with Crippen molar-refractivity contribution in [3.05, 3.63) is 35.9 Å². The maximum atomic E-state index is 13.2. The zero-order chi connectivity index (χ0) is 26.8. The number of benzene rings is 1. The Morgan fingerprint density at radius 3 is 2.31 bits per heavy atom. The van der Waals surface area contributed by atoms with Gasteiger partial charge in [0, 0.05) is 26.6 Å². The molecule has 14 nitrogen and oxygen atoms in total. The third-order valence-electron chi connectivity index (χ3n) is 5.43. The average Bonchev–Trinajstić information content (AvgIpc) is 2.81. The van der Waals surface area contributed by atoms with Gasteiger partial charge in [0.25, 0.3) is 5.91 Å². The summed E-state index contributed by atoms with van der Waals surface area (Å²) >= 11 is 0.407. The molecule has 3 rings (SSSR count). The minimum Gasteiger partial charge on any atom is -0.340 e. The smallest absolute Gasteiger partial charge is 0.340 e. The predicted molar refractivity (Wildman–Crippen MR) is 124 cm³/mol. The molecule has 6 amide bonds. The number of rotatable bonds is 7. The van der Waals surface area contributed by atoms with Crippen LogP contribution in [0.2, 0.25) is 0 Å². The summed E-state index contributed by atoms with van der Waals surface area (Å²) in [6, 6.07) is 3.77. The summed E-state index contributed by atoms with van der Waals surface area (Å²) in [5, 5.41) is 2.64. The van der Waals surface area contributed by atoms with Crippen LogP contribution in [0.3, 0.4) is 0 Å². The molecular formula is C20H23N5O9S2. The second kappa shape index (κ2) is 10.6. The number of nitrogens with zero attached hydrogens (tertiary/aromatic N) is 3. The van der Waals surface area contributed by atoms with Crippen LogP contribution < -0.4 is 10.6 Å². The van der Waals surface area contributed by atoms with Crippen LogP contribution in [0, 0.1) is 0 Å². The maximum absolute atomic E-state index is 13.2. The van der Waals surface area contributed by atoms with E-state index in [2.05, 4.69) is 10.6 Å². The summed E-state index contributed by atoms with van der Waals surface area (Å²) in [7, 11) is -4.99. The molecule has 0 saturated carbocycles. The van der Waals surface area contributed by atoms with Crippen molar-refractivity contribution in [2.75, 3.05) is 19.6 Å². The highest BCUT2D eigenvalue weighted by Gasteiger charge is 2.55. The van der Waals surface area contributed by atoms with Gasteiger partial charge in [-0.1, -0.05) is 42.1 Å². The van der Waals surface area contributed by atoms with Crippen molar-refractivity contribution in [1.82, 2.24) is 24.7 Å². The van der Waals surface area contributed by atoms with E-state index in [-0.39, 0.29) is 29.5 Å². The van der Waals surface area contributed by atoms with Crippen molar-refractivity contribution in [2.24, 2.45) is 0 Å². The molecule has 0 aromatic heterocycles. The molecule has 2 heterocycles. The fraction of sp³-hybridized carbons (Fsp3) is 0.400. The zero-order valence-corrected chi connectivity index (χ0v) is 20.7. The first kappa shape index (κ1) is 27.1. The summed E-state index contributed by atoms with van der Waals surface area (Å²) in [4.78, 5) is 76.4. The number of β-lactam (4-membered cyclic amide) rings is 1. The molecule has 3 atom stereocenters. The Bertz CT molecular complexity index is 1210. The largest absolute Gasteiger partial charge is 0.363 e. The quantitative estimate of drug-likeness (QED) is 0.216. The fourth-order valence-electron chi connectivity index (χ4n) is 3.66. The maximum Gasteiger partial charge on any atom is 0.363 e. The fourth-order valence-corrected chi connectivity index (χ4v) is 5.70. The molecule has 2 aliphatic rings. The number of carbonyl (C=O) groups excluding carboxylic acids is 6. The lowest BCUT2D eigenvalue weighted by atomic mass is 10.0. The van der Waals surface area contributed by atoms with E-state index in [9.17, 15) is 41.7 Å². The van der Waals surface area contributed by atoms with Crippen LogP contribution in [0.4, 0.5) is 4.79 Å². The average molecular weight is 542 g/mol. The molecule has 3 N–H and O–H groups in total. The number of urea groups is 1. The third kappa shape index (κ3) is 5.50. The van der Waals surface area contributed by atoms with E-state index >= 15 is 0 Å². The number of amides is 6. The number of piperazine rings is 1. The van der Waals surface area contributed by atoms with Gasteiger partial charge in [0.2, 0.25) is 5.91 Å².